The summed E-state index contributed by atoms with van der Waals surface area (Å²) in [6, 6.07) is 0. The molecule has 2 unspecified atom stereocenters. The van der Waals surface area contributed by atoms with Crippen molar-refractivity contribution < 1.29 is 9.90 Å². The van der Waals surface area contributed by atoms with Gasteiger partial charge in [-0.1, -0.05) is 13.8 Å². The second-order valence-corrected chi connectivity index (χ2v) is 9.44. The van der Waals surface area contributed by atoms with Crippen LogP contribution in [0.3, 0.4) is 0 Å². The lowest BCUT2D eigenvalue weighted by Gasteiger charge is -2.59. The van der Waals surface area contributed by atoms with Crippen LogP contribution in [-0.4, -0.2) is 17.0 Å². The number of ketones is 1. The Morgan fingerprint density at radius 2 is 1.90 bits per heavy atom. The highest BCUT2D eigenvalue weighted by Gasteiger charge is 2.77. The van der Waals surface area contributed by atoms with Gasteiger partial charge in [0.1, 0.15) is 5.78 Å². The van der Waals surface area contributed by atoms with E-state index in [4.69, 9.17) is 0 Å². The second-order valence-electron chi connectivity index (χ2n) is 9.44. The van der Waals surface area contributed by atoms with E-state index in [1.54, 1.807) is 0 Å². The van der Waals surface area contributed by atoms with Gasteiger partial charge in [-0.25, -0.2) is 0 Å². The second kappa shape index (κ2) is 3.58. The number of hydrogen-bond acceptors (Lipinski definition) is 2. The van der Waals surface area contributed by atoms with Gasteiger partial charge in [0.25, 0.3) is 0 Å². The van der Waals surface area contributed by atoms with Crippen molar-refractivity contribution in [2.24, 2.45) is 39.9 Å². The minimum absolute atomic E-state index is 0.0523. The lowest BCUT2D eigenvalue weighted by molar-refractivity contribution is -0.154. The van der Waals surface area contributed by atoms with Gasteiger partial charge in [-0.05, 0) is 74.0 Å². The summed E-state index contributed by atoms with van der Waals surface area (Å²) in [4.78, 5) is 12.4. The summed E-state index contributed by atoms with van der Waals surface area (Å²) in [5.41, 5.74) is 0.598. The van der Waals surface area contributed by atoms with E-state index < -0.39 is 0 Å². The number of aliphatic hydroxyl groups excluding tert-OH is 1. The van der Waals surface area contributed by atoms with E-state index in [9.17, 15) is 9.90 Å². The molecule has 5 rings (SSSR count). The van der Waals surface area contributed by atoms with Crippen LogP contribution in [0.25, 0.3) is 0 Å². The van der Waals surface area contributed by atoms with E-state index in [0.717, 1.165) is 37.5 Å². The molecule has 0 aromatic carbocycles. The Bertz CT molecular complexity index is 528. The fraction of sp³-hybridized carbons (Fsp3) is 0.947. The topological polar surface area (TPSA) is 37.3 Å². The predicted molar refractivity (Wildman–Crippen MR) is 80.6 cm³/mol. The molecule has 2 heteroatoms. The quantitative estimate of drug-likeness (QED) is 0.740. The molecule has 0 amide bonds. The third-order valence-electron chi connectivity index (χ3n) is 9.28. The molecule has 8 atom stereocenters. The van der Waals surface area contributed by atoms with E-state index in [1.807, 2.05) is 0 Å². The summed E-state index contributed by atoms with van der Waals surface area (Å²) in [5, 5.41) is 11.0. The summed E-state index contributed by atoms with van der Waals surface area (Å²) < 4.78 is 0. The molecule has 2 nitrogen and oxygen atoms in total. The monoisotopic (exact) mass is 288 g/mol. The van der Waals surface area contributed by atoms with Gasteiger partial charge < -0.3 is 5.11 Å². The number of carbonyl (C=O) groups is 1. The van der Waals surface area contributed by atoms with Crippen LogP contribution >= 0.6 is 0 Å². The van der Waals surface area contributed by atoms with E-state index in [0.29, 0.717) is 23.0 Å². The number of rotatable bonds is 0. The standard InChI is InChI=1S/C19H28O2/c1-17-7-6-14-12(13(17)3-4-15(17)20)9-16(21)19-10-11(19)5-8-18(14,19)2/h11-14,16,21H,3-10H2,1-2H3/t11?,12-,13-,14-,16+,17-,18+,19?/m0/s1. The summed E-state index contributed by atoms with van der Waals surface area (Å²) in [5.74, 6) is 3.28. The van der Waals surface area contributed by atoms with E-state index >= 15 is 0 Å². The van der Waals surface area contributed by atoms with Crippen molar-refractivity contribution >= 4 is 5.78 Å². The third kappa shape index (κ3) is 1.22. The molecule has 0 saturated heterocycles. The van der Waals surface area contributed by atoms with Crippen LogP contribution in [-0.2, 0) is 4.79 Å². The molecule has 5 aliphatic rings. The minimum atomic E-state index is -0.0886. The highest BCUT2D eigenvalue weighted by molar-refractivity contribution is 5.87. The van der Waals surface area contributed by atoms with Crippen LogP contribution < -0.4 is 0 Å². The molecule has 5 saturated carbocycles. The van der Waals surface area contributed by atoms with E-state index in [-0.39, 0.29) is 16.9 Å². The van der Waals surface area contributed by atoms with Gasteiger partial charge in [-0.2, -0.15) is 0 Å². The van der Waals surface area contributed by atoms with Crippen LogP contribution in [0.5, 0.6) is 0 Å². The van der Waals surface area contributed by atoms with Crippen LogP contribution in [0.1, 0.15) is 65.2 Å². The van der Waals surface area contributed by atoms with Crippen LogP contribution in [0.15, 0.2) is 0 Å². The Hall–Kier alpha value is -0.370. The van der Waals surface area contributed by atoms with Gasteiger partial charge in [0.15, 0.2) is 0 Å². The lowest BCUT2D eigenvalue weighted by Crippen LogP contribution is -2.56. The fourth-order valence-corrected chi connectivity index (χ4v) is 8.08. The largest absolute Gasteiger partial charge is 0.393 e. The molecule has 5 aliphatic carbocycles. The van der Waals surface area contributed by atoms with E-state index in [1.165, 1.54) is 25.7 Å². The zero-order valence-electron chi connectivity index (χ0n) is 13.4. The Morgan fingerprint density at radius 1 is 1.10 bits per heavy atom. The molecule has 1 N–H and O–H groups in total. The molecule has 0 heterocycles. The predicted octanol–water partition coefficient (Wildman–Crippen LogP) is 3.57. The maximum Gasteiger partial charge on any atom is 0.139 e. The van der Waals surface area contributed by atoms with Crippen molar-refractivity contribution in [3.05, 3.63) is 0 Å². The molecule has 0 radical (unpaired) electrons. The van der Waals surface area contributed by atoms with E-state index in [2.05, 4.69) is 13.8 Å². The Balaban J connectivity index is 1.57. The molecule has 5 fully saturated rings. The zero-order valence-corrected chi connectivity index (χ0v) is 13.4. The van der Waals surface area contributed by atoms with Gasteiger partial charge >= 0.3 is 0 Å². The first-order valence-corrected chi connectivity index (χ1v) is 9.15. The number of hydrogen-bond donors (Lipinski definition) is 1. The molecule has 1 spiro atoms. The zero-order chi connectivity index (χ0) is 14.6. The van der Waals surface area contributed by atoms with Gasteiger partial charge in [-0.3, -0.25) is 4.79 Å². The van der Waals surface area contributed by atoms with Crippen molar-refractivity contribution in [1.29, 1.82) is 0 Å². The summed E-state index contributed by atoms with van der Waals surface area (Å²) in [6.45, 7) is 4.73. The van der Waals surface area contributed by atoms with Crippen molar-refractivity contribution in [2.45, 2.75) is 71.3 Å². The number of carbonyl (C=O) groups excluding carboxylic acids is 1. The first-order chi connectivity index (χ1) is 9.93. The summed E-state index contributed by atoms with van der Waals surface area (Å²) in [7, 11) is 0. The highest BCUT2D eigenvalue weighted by atomic mass is 16.3. The molecule has 0 aliphatic heterocycles. The first kappa shape index (κ1) is 13.1. The number of aliphatic hydroxyl groups is 1. The van der Waals surface area contributed by atoms with Gasteiger partial charge in [-0.15, -0.1) is 0 Å². The molecule has 0 aromatic heterocycles. The lowest BCUT2D eigenvalue weighted by atomic mass is 9.46. The number of Topliss-reactive ketones (excluding diaryl/α,β-unsaturated/α-hetero) is 1. The summed E-state index contributed by atoms with van der Waals surface area (Å²) in [6.07, 6.45) is 9.10. The van der Waals surface area contributed by atoms with Crippen LogP contribution in [0.4, 0.5) is 0 Å². The molecular formula is C19H28O2. The average Bonchev–Trinajstić information content (AvgIpc) is 3.01. The third-order valence-corrected chi connectivity index (χ3v) is 9.28. The van der Waals surface area contributed by atoms with Crippen LogP contribution in [0.2, 0.25) is 0 Å². The molecule has 21 heavy (non-hydrogen) atoms. The molecule has 0 aromatic rings. The highest BCUT2D eigenvalue weighted by Crippen LogP contribution is 2.81. The average molecular weight is 288 g/mol. The SMILES string of the molecule is C[C@]12CC[C@H]3[C@@H](C[C@@H](O)C45CC4CC[C@]35C)[C@@H]1CCC2=O. The Kier molecular flexibility index (Phi) is 2.23. The van der Waals surface area contributed by atoms with Crippen molar-refractivity contribution in [3.63, 3.8) is 0 Å². The Labute approximate surface area is 127 Å². The van der Waals surface area contributed by atoms with Crippen molar-refractivity contribution in [3.8, 4) is 0 Å². The molecule has 0 bridgehead atoms. The van der Waals surface area contributed by atoms with Crippen molar-refractivity contribution in [2.75, 3.05) is 0 Å². The maximum absolute atomic E-state index is 12.4. The summed E-state index contributed by atoms with van der Waals surface area (Å²) >= 11 is 0. The van der Waals surface area contributed by atoms with Crippen molar-refractivity contribution in [1.82, 2.24) is 0 Å². The van der Waals surface area contributed by atoms with Gasteiger partial charge in [0, 0.05) is 17.3 Å². The smallest absolute Gasteiger partial charge is 0.139 e. The van der Waals surface area contributed by atoms with Gasteiger partial charge in [0.2, 0.25) is 0 Å². The molecule has 116 valence electrons. The Morgan fingerprint density at radius 3 is 2.67 bits per heavy atom. The molecular weight excluding hydrogens is 260 g/mol. The number of fused-ring (bicyclic) bond motifs is 4. The first-order valence-electron chi connectivity index (χ1n) is 9.15. The maximum atomic E-state index is 12.4. The van der Waals surface area contributed by atoms with Gasteiger partial charge in [0.05, 0.1) is 6.10 Å². The normalized spacial score (nSPS) is 64.5. The minimum Gasteiger partial charge on any atom is -0.393 e. The fourth-order valence-electron chi connectivity index (χ4n) is 8.08. The van der Waals surface area contributed by atoms with Crippen LogP contribution in [0, 0.1) is 39.9 Å².